The van der Waals surface area contributed by atoms with Gasteiger partial charge in [-0.1, -0.05) is 18.0 Å². The van der Waals surface area contributed by atoms with E-state index in [9.17, 15) is 18.3 Å². The van der Waals surface area contributed by atoms with Gasteiger partial charge in [0.05, 0.1) is 0 Å². The summed E-state index contributed by atoms with van der Waals surface area (Å²) in [5.74, 6) is -0.740. The monoisotopic (exact) mass is 328 g/mol. The van der Waals surface area contributed by atoms with E-state index < -0.39 is 22.0 Å². The van der Waals surface area contributed by atoms with E-state index in [4.69, 9.17) is 4.52 Å². The lowest BCUT2D eigenvalue weighted by Gasteiger charge is -2.31. The van der Waals surface area contributed by atoms with Gasteiger partial charge in [0.2, 0.25) is 10.0 Å². The molecular weight excluding hydrogens is 308 g/mol. The Morgan fingerprint density at radius 2 is 2.00 bits per heavy atom. The van der Waals surface area contributed by atoms with Crippen molar-refractivity contribution in [3.63, 3.8) is 0 Å². The molecule has 0 aromatic carbocycles. The summed E-state index contributed by atoms with van der Waals surface area (Å²) in [7, 11) is -3.93. The van der Waals surface area contributed by atoms with Crippen molar-refractivity contribution in [3.8, 4) is 0 Å². The van der Waals surface area contributed by atoms with E-state index in [2.05, 4.69) is 5.16 Å². The zero-order valence-electron chi connectivity index (χ0n) is 12.7. The van der Waals surface area contributed by atoms with E-state index in [1.54, 1.807) is 6.92 Å². The van der Waals surface area contributed by atoms with Gasteiger partial charge in [-0.3, -0.25) is 4.79 Å². The van der Waals surface area contributed by atoms with E-state index >= 15 is 0 Å². The second-order valence-corrected chi connectivity index (χ2v) is 7.97. The van der Waals surface area contributed by atoms with Gasteiger partial charge in [-0.2, -0.15) is 4.31 Å². The second kappa shape index (κ2) is 5.34. The Balaban J connectivity index is 2.08. The number of aromatic nitrogens is 1. The van der Waals surface area contributed by atoms with Crippen LogP contribution in [0.15, 0.2) is 9.42 Å². The van der Waals surface area contributed by atoms with Gasteiger partial charge in [-0.25, -0.2) is 8.42 Å². The number of rotatable bonds is 3. The number of carboxylic acids is 1. The van der Waals surface area contributed by atoms with Crippen LogP contribution in [-0.2, 0) is 14.8 Å². The van der Waals surface area contributed by atoms with Crippen LogP contribution in [0.25, 0.3) is 0 Å². The standard InChI is InChI=1S/C14H20N2O5S/c1-8-13(9(2)21-15-8)22(19,20)16-11-6-4-3-5-10(11)7-12(16)14(17)18/h10-12H,3-7H2,1-2H3,(H,17,18). The zero-order valence-corrected chi connectivity index (χ0v) is 13.5. The topological polar surface area (TPSA) is 101 Å². The van der Waals surface area contributed by atoms with Gasteiger partial charge in [0.25, 0.3) is 0 Å². The van der Waals surface area contributed by atoms with E-state index in [1.807, 2.05) is 0 Å². The minimum absolute atomic E-state index is 0.0185. The molecule has 1 saturated heterocycles. The van der Waals surface area contributed by atoms with Crippen LogP contribution in [-0.4, -0.2) is 41.0 Å². The van der Waals surface area contributed by atoms with Crippen LogP contribution in [0.1, 0.15) is 43.6 Å². The summed E-state index contributed by atoms with van der Waals surface area (Å²) in [6, 6.07) is -1.22. The van der Waals surface area contributed by atoms with Crippen molar-refractivity contribution in [1.82, 2.24) is 9.46 Å². The van der Waals surface area contributed by atoms with Crippen LogP contribution >= 0.6 is 0 Å². The van der Waals surface area contributed by atoms with Crippen molar-refractivity contribution in [1.29, 1.82) is 0 Å². The van der Waals surface area contributed by atoms with Gasteiger partial charge in [-0.05, 0) is 39.0 Å². The molecule has 1 aliphatic carbocycles. The highest BCUT2D eigenvalue weighted by molar-refractivity contribution is 7.89. The number of aryl methyl sites for hydroxylation is 2. The summed E-state index contributed by atoms with van der Waals surface area (Å²) in [5, 5.41) is 13.2. The first kappa shape index (κ1) is 15.5. The molecule has 0 radical (unpaired) electrons. The summed E-state index contributed by atoms with van der Waals surface area (Å²) in [4.78, 5) is 11.6. The van der Waals surface area contributed by atoms with Crippen LogP contribution in [0.3, 0.4) is 0 Å². The smallest absolute Gasteiger partial charge is 0.322 e. The molecule has 1 aliphatic heterocycles. The molecule has 2 fully saturated rings. The Morgan fingerprint density at radius 3 is 2.59 bits per heavy atom. The molecular formula is C14H20N2O5S. The van der Waals surface area contributed by atoms with E-state index in [1.165, 1.54) is 11.2 Å². The number of sulfonamides is 1. The lowest BCUT2D eigenvalue weighted by atomic mass is 9.85. The maximum Gasteiger partial charge on any atom is 0.322 e. The number of nitrogens with zero attached hydrogens (tertiary/aromatic N) is 2. The molecule has 1 aromatic heterocycles. The molecule has 7 nitrogen and oxygen atoms in total. The van der Waals surface area contributed by atoms with Crippen LogP contribution in [0.5, 0.6) is 0 Å². The number of hydrogen-bond acceptors (Lipinski definition) is 5. The molecule has 3 rings (SSSR count). The maximum absolute atomic E-state index is 13.1. The minimum atomic E-state index is -3.93. The Kier molecular flexibility index (Phi) is 3.76. The van der Waals surface area contributed by atoms with Crippen molar-refractivity contribution in [2.24, 2.45) is 5.92 Å². The van der Waals surface area contributed by atoms with Crippen LogP contribution in [0, 0.1) is 19.8 Å². The highest BCUT2D eigenvalue weighted by Crippen LogP contribution is 2.43. The number of carbonyl (C=O) groups is 1. The molecule has 0 spiro atoms. The number of aliphatic carboxylic acids is 1. The van der Waals surface area contributed by atoms with E-state index in [0.29, 0.717) is 6.42 Å². The first-order chi connectivity index (χ1) is 10.3. The van der Waals surface area contributed by atoms with Crippen LogP contribution < -0.4 is 0 Å². The molecule has 3 atom stereocenters. The summed E-state index contributed by atoms with van der Waals surface area (Å²) < 4.78 is 32.3. The highest BCUT2D eigenvalue weighted by atomic mass is 32.2. The minimum Gasteiger partial charge on any atom is -0.480 e. The van der Waals surface area contributed by atoms with Crippen molar-refractivity contribution in [2.75, 3.05) is 0 Å². The van der Waals surface area contributed by atoms with Gasteiger partial charge in [0, 0.05) is 6.04 Å². The fourth-order valence-corrected chi connectivity index (χ4v) is 6.09. The van der Waals surface area contributed by atoms with Crippen molar-refractivity contribution >= 4 is 16.0 Å². The van der Waals surface area contributed by atoms with Crippen molar-refractivity contribution < 1.29 is 22.8 Å². The second-order valence-electron chi connectivity index (χ2n) is 6.19. The number of hydrogen-bond donors (Lipinski definition) is 1. The Labute approximate surface area is 129 Å². The molecule has 1 saturated carbocycles. The average Bonchev–Trinajstić information content (AvgIpc) is 3.00. The summed E-state index contributed by atoms with van der Waals surface area (Å²) in [6.45, 7) is 3.10. The third kappa shape index (κ3) is 2.25. The van der Waals surface area contributed by atoms with Crippen LogP contribution in [0.2, 0.25) is 0 Å². The lowest BCUT2D eigenvalue weighted by Crippen LogP contribution is -2.46. The quantitative estimate of drug-likeness (QED) is 0.906. The Hall–Kier alpha value is -1.41. The van der Waals surface area contributed by atoms with Gasteiger partial charge < -0.3 is 9.63 Å². The predicted octanol–water partition coefficient (Wildman–Crippen LogP) is 1.70. The summed E-state index contributed by atoms with van der Waals surface area (Å²) in [5.41, 5.74) is 0.279. The third-order valence-corrected chi connectivity index (χ3v) is 7.00. The Bertz CT molecular complexity index is 677. The maximum atomic E-state index is 13.1. The fraction of sp³-hybridized carbons (Fsp3) is 0.714. The highest BCUT2D eigenvalue weighted by Gasteiger charge is 2.52. The lowest BCUT2D eigenvalue weighted by molar-refractivity contribution is -0.141. The summed E-state index contributed by atoms with van der Waals surface area (Å²) >= 11 is 0. The average molecular weight is 328 g/mol. The third-order valence-electron chi connectivity index (χ3n) is 4.82. The van der Waals surface area contributed by atoms with E-state index in [0.717, 1.165) is 25.7 Å². The van der Waals surface area contributed by atoms with Gasteiger partial charge in [0.1, 0.15) is 16.6 Å². The van der Waals surface area contributed by atoms with Crippen molar-refractivity contribution in [3.05, 3.63) is 11.5 Å². The largest absolute Gasteiger partial charge is 0.480 e. The Morgan fingerprint density at radius 1 is 1.32 bits per heavy atom. The molecule has 22 heavy (non-hydrogen) atoms. The molecule has 2 heterocycles. The molecule has 122 valence electrons. The molecule has 2 aliphatic rings. The van der Waals surface area contributed by atoms with Gasteiger partial charge in [0.15, 0.2) is 5.76 Å². The molecule has 0 bridgehead atoms. The van der Waals surface area contributed by atoms with Gasteiger partial charge in [-0.15, -0.1) is 0 Å². The molecule has 1 N–H and O–H groups in total. The number of carboxylic acid groups (broad SMARTS) is 1. The van der Waals surface area contributed by atoms with Crippen molar-refractivity contribution in [2.45, 2.75) is 62.9 Å². The molecule has 1 aromatic rings. The normalized spacial score (nSPS) is 29.5. The SMILES string of the molecule is Cc1noc(C)c1S(=O)(=O)N1C(C(=O)O)CC2CCCCC21. The first-order valence-corrected chi connectivity index (χ1v) is 8.97. The first-order valence-electron chi connectivity index (χ1n) is 7.53. The number of fused-ring (bicyclic) bond motifs is 1. The van der Waals surface area contributed by atoms with Crippen LogP contribution in [0.4, 0.5) is 0 Å². The molecule has 0 amide bonds. The zero-order chi connectivity index (χ0) is 16.1. The molecule has 8 heteroatoms. The van der Waals surface area contributed by atoms with Gasteiger partial charge >= 0.3 is 5.97 Å². The fourth-order valence-electron chi connectivity index (χ4n) is 3.92. The summed E-state index contributed by atoms with van der Waals surface area (Å²) in [6.07, 6.45) is 3.97. The predicted molar refractivity (Wildman–Crippen MR) is 76.8 cm³/mol. The molecule has 3 unspecified atom stereocenters. The van der Waals surface area contributed by atoms with E-state index in [-0.39, 0.29) is 28.3 Å².